The van der Waals surface area contributed by atoms with Crippen molar-refractivity contribution in [2.45, 2.75) is 49.3 Å². The molecule has 2 atom stereocenters. The van der Waals surface area contributed by atoms with Gasteiger partial charge in [0.1, 0.15) is 5.69 Å². The van der Waals surface area contributed by atoms with E-state index >= 15 is 0 Å². The van der Waals surface area contributed by atoms with E-state index in [1.165, 1.54) is 43.9 Å². The molecule has 230 valence electrons. The summed E-state index contributed by atoms with van der Waals surface area (Å²) in [6, 6.07) is 15.5. The summed E-state index contributed by atoms with van der Waals surface area (Å²) in [6.45, 7) is 1.85. The second-order valence-electron chi connectivity index (χ2n) is 11.3. The summed E-state index contributed by atoms with van der Waals surface area (Å²) in [5.41, 5.74) is 1.91. The summed E-state index contributed by atoms with van der Waals surface area (Å²) in [6.07, 6.45) is -1.72. The van der Waals surface area contributed by atoms with Gasteiger partial charge in [-0.2, -0.15) is 13.2 Å². The average Bonchev–Trinajstić information content (AvgIpc) is 3.50. The fourth-order valence-electron chi connectivity index (χ4n) is 6.61. The van der Waals surface area contributed by atoms with Gasteiger partial charge in [-0.05, 0) is 61.7 Å². The topological polar surface area (TPSA) is 115 Å². The van der Waals surface area contributed by atoms with Crippen LogP contribution in [-0.2, 0) is 22.6 Å². The summed E-state index contributed by atoms with van der Waals surface area (Å²) < 4.78 is 69.9. The first-order chi connectivity index (χ1) is 21.3. The normalized spacial score (nSPS) is 17.9. The number of fused-ring (bicyclic) bond motifs is 6. The number of halogens is 3. The number of hydrogen-bond donors (Lipinski definition) is 1. The van der Waals surface area contributed by atoms with Crippen molar-refractivity contribution in [1.29, 1.82) is 0 Å². The molecule has 1 N–H and O–H groups in total. The molecule has 0 radical (unpaired) electrons. The van der Waals surface area contributed by atoms with Gasteiger partial charge in [-0.3, -0.25) is 19.2 Å². The number of amides is 1. The summed E-state index contributed by atoms with van der Waals surface area (Å²) >= 11 is 0. The first-order valence-electron chi connectivity index (χ1n) is 14.1. The Kier molecular flexibility index (Phi) is 6.45. The Morgan fingerprint density at radius 1 is 0.978 bits per heavy atom. The van der Waals surface area contributed by atoms with E-state index in [0.29, 0.717) is 51.8 Å². The van der Waals surface area contributed by atoms with Crippen molar-refractivity contribution in [3.05, 3.63) is 112 Å². The number of nitrogens with zero attached hydrogens (tertiary/aromatic N) is 4. The van der Waals surface area contributed by atoms with Crippen LogP contribution in [0.1, 0.15) is 41.4 Å². The molecule has 0 aliphatic carbocycles. The van der Waals surface area contributed by atoms with Gasteiger partial charge in [0.2, 0.25) is 0 Å². The number of rotatable bonds is 4. The monoisotopic (exact) mass is 634 g/mol. The number of carbonyl (C=O) groups is 1. The fraction of sp³-hybridized carbons (Fsp3) is 0.219. The number of aryl methyl sites for hydroxylation is 1. The van der Waals surface area contributed by atoms with Gasteiger partial charge in [0.15, 0.2) is 0 Å². The van der Waals surface area contributed by atoms with E-state index in [-0.39, 0.29) is 17.4 Å². The van der Waals surface area contributed by atoms with Crippen LogP contribution in [0.4, 0.5) is 18.0 Å². The maximum absolute atomic E-state index is 14.2. The third kappa shape index (κ3) is 4.60. The molecule has 3 aromatic heterocycles. The van der Waals surface area contributed by atoms with E-state index in [1.54, 1.807) is 36.4 Å². The molecule has 45 heavy (non-hydrogen) atoms. The minimum atomic E-state index is -4.59. The highest BCUT2D eigenvalue weighted by Gasteiger charge is 2.46. The summed E-state index contributed by atoms with van der Waals surface area (Å²) in [7, 11) is -4.13. The highest BCUT2D eigenvalue weighted by Crippen LogP contribution is 2.48. The van der Waals surface area contributed by atoms with Crippen molar-refractivity contribution < 1.29 is 31.5 Å². The standard InChI is InChI=1S/C32H25F3N4O5S/c1-18-2-7-23(8-3-18)45(43,44)39-26-15-21(5-9-24(26)30-25-10-6-22(16-27(30)39)38(25)31(41)42)37-13-12-19(14-29(37)40)20-4-11-28(36-17-20)32(33,34)35/h2-5,7-9,11-15,17,22,25H,6,10,16H2,1H3,(H,41,42). The highest BCUT2D eigenvalue weighted by atomic mass is 32.2. The zero-order valence-electron chi connectivity index (χ0n) is 23.7. The van der Waals surface area contributed by atoms with Crippen LogP contribution in [0.2, 0.25) is 0 Å². The molecule has 2 aromatic carbocycles. The molecule has 0 spiro atoms. The molecule has 5 aromatic rings. The molecule has 9 nitrogen and oxygen atoms in total. The van der Waals surface area contributed by atoms with Gasteiger partial charge < -0.3 is 5.11 Å². The smallest absolute Gasteiger partial charge is 0.433 e. The van der Waals surface area contributed by atoms with Gasteiger partial charge in [0.25, 0.3) is 15.6 Å². The lowest BCUT2D eigenvalue weighted by Crippen LogP contribution is -2.41. The first-order valence-corrected chi connectivity index (χ1v) is 15.6. The predicted octanol–water partition coefficient (Wildman–Crippen LogP) is 6.16. The molecule has 0 saturated carbocycles. The zero-order chi connectivity index (χ0) is 31.8. The average molecular weight is 635 g/mol. The number of hydrogen-bond acceptors (Lipinski definition) is 5. The molecule has 7 rings (SSSR count). The molecule has 2 bridgehead atoms. The number of benzene rings is 2. The van der Waals surface area contributed by atoms with Crippen molar-refractivity contribution in [3.63, 3.8) is 0 Å². The number of carboxylic acid groups (broad SMARTS) is 1. The summed E-state index contributed by atoms with van der Waals surface area (Å²) in [4.78, 5) is 30.4. The zero-order valence-corrected chi connectivity index (χ0v) is 24.5. The van der Waals surface area contributed by atoms with Gasteiger partial charge in [0.05, 0.1) is 22.1 Å². The van der Waals surface area contributed by atoms with Gasteiger partial charge in [-0.1, -0.05) is 29.8 Å². The molecule has 2 aliphatic rings. The third-order valence-corrected chi connectivity index (χ3v) is 10.4. The number of pyridine rings is 2. The van der Waals surface area contributed by atoms with Gasteiger partial charge >= 0.3 is 12.3 Å². The largest absolute Gasteiger partial charge is 0.465 e. The van der Waals surface area contributed by atoms with Crippen LogP contribution in [0.15, 0.2) is 88.8 Å². The lowest BCUT2D eigenvalue weighted by atomic mass is 9.97. The fourth-order valence-corrected chi connectivity index (χ4v) is 8.18. The predicted molar refractivity (Wildman–Crippen MR) is 159 cm³/mol. The SMILES string of the molecule is Cc1ccc(S(=O)(=O)n2c3c(c4ccc(-n5ccc(-c6ccc(C(F)(F)F)nc6)cc5=O)cc42)C2CCC(C3)N2C(=O)O)cc1. The molecule has 1 saturated heterocycles. The quantitative estimate of drug-likeness (QED) is 0.253. The molecular weight excluding hydrogens is 609 g/mol. The van der Waals surface area contributed by atoms with Crippen LogP contribution >= 0.6 is 0 Å². The Bertz CT molecular complexity index is 2170. The highest BCUT2D eigenvalue weighted by molar-refractivity contribution is 7.90. The van der Waals surface area contributed by atoms with Crippen LogP contribution in [-0.4, -0.2) is 44.1 Å². The Labute approximate surface area is 254 Å². The molecule has 13 heteroatoms. The van der Waals surface area contributed by atoms with Gasteiger partial charge in [-0.15, -0.1) is 0 Å². The summed E-state index contributed by atoms with van der Waals surface area (Å²) in [5.74, 6) is 0. The van der Waals surface area contributed by atoms with Gasteiger partial charge in [0, 0.05) is 53.1 Å². The lowest BCUT2D eigenvalue weighted by molar-refractivity contribution is -0.141. The summed E-state index contributed by atoms with van der Waals surface area (Å²) in [5, 5.41) is 10.6. The minimum absolute atomic E-state index is 0.0814. The molecule has 5 heterocycles. The second kappa shape index (κ2) is 10.1. The van der Waals surface area contributed by atoms with Crippen LogP contribution in [0.25, 0.3) is 27.7 Å². The van der Waals surface area contributed by atoms with Crippen LogP contribution in [0, 0.1) is 6.92 Å². The Morgan fingerprint density at radius 3 is 2.38 bits per heavy atom. The van der Waals surface area contributed by atoms with Crippen LogP contribution in [0.3, 0.4) is 0 Å². The van der Waals surface area contributed by atoms with Crippen molar-refractivity contribution in [2.75, 3.05) is 0 Å². The Morgan fingerprint density at radius 2 is 1.73 bits per heavy atom. The number of aromatic nitrogens is 3. The minimum Gasteiger partial charge on any atom is -0.465 e. The first kappa shape index (κ1) is 28.8. The van der Waals surface area contributed by atoms with Crippen LogP contribution in [0.5, 0.6) is 0 Å². The molecule has 2 unspecified atom stereocenters. The van der Waals surface area contributed by atoms with E-state index in [1.807, 2.05) is 6.92 Å². The van der Waals surface area contributed by atoms with Crippen molar-refractivity contribution in [1.82, 2.24) is 18.4 Å². The maximum atomic E-state index is 14.2. The van der Waals surface area contributed by atoms with Crippen molar-refractivity contribution >= 4 is 27.0 Å². The van der Waals surface area contributed by atoms with Crippen molar-refractivity contribution in [3.8, 4) is 16.8 Å². The molecule has 1 amide bonds. The van der Waals surface area contributed by atoms with E-state index in [0.717, 1.165) is 17.8 Å². The van der Waals surface area contributed by atoms with E-state index < -0.39 is 39.6 Å². The van der Waals surface area contributed by atoms with Crippen molar-refractivity contribution in [2.24, 2.45) is 0 Å². The molecule has 2 aliphatic heterocycles. The van der Waals surface area contributed by atoms with Gasteiger partial charge in [-0.25, -0.2) is 17.2 Å². The van der Waals surface area contributed by atoms with Crippen LogP contribution < -0.4 is 5.56 Å². The molecular formula is C32H25F3N4O5S. The number of alkyl halides is 3. The Balaban J connectivity index is 1.38. The second-order valence-corrected chi connectivity index (χ2v) is 13.1. The van der Waals surface area contributed by atoms with E-state index in [9.17, 15) is 36.3 Å². The molecule has 1 fully saturated rings. The Hall–Kier alpha value is -4.91. The van der Waals surface area contributed by atoms with E-state index in [4.69, 9.17) is 0 Å². The van der Waals surface area contributed by atoms with E-state index in [2.05, 4.69) is 4.98 Å². The maximum Gasteiger partial charge on any atom is 0.433 e. The lowest BCUT2D eigenvalue weighted by Gasteiger charge is -2.33. The third-order valence-electron chi connectivity index (χ3n) is 8.68.